The average Bonchev–Trinajstić information content (AvgIpc) is 4.09. The van der Waals surface area contributed by atoms with Crippen LogP contribution in [0.2, 0.25) is 0 Å². The second kappa shape index (κ2) is 14.0. The summed E-state index contributed by atoms with van der Waals surface area (Å²) in [5, 5.41) is 3.40. The van der Waals surface area contributed by atoms with E-state index < -0.39 is 0 Å². The fourth-order valence-electron chi connectivity index (χ4n) is 9.64. The zero-order valence-corrected chi connectivity index (χ0v) is 34.0. The number of hydrogen-bond acceptors (Lipinski definition) is 3. The average molecular weight is 808 g/mol. The van der Waals surface area contributed by atoms with Crippen LogP contribution in [-0.2, 0) is 0 Å². The number of fused-ring (bicyclic) bond motifs is 10. The molecule has 9 aromatic carbocycles. The lowest BCUT2D eigenvalue weighted by atomic mass is 9.99. The lowest BCUT2D eigenvalue weighted by Gasteiger charge is -2.26. The van der Waals surface area contributed by atoms with E-state index in [0.29, 0.717) is 0 Å². The van der Waals surface area contributed by atoms with Gasteiger partial charge in [-0.2, -0.15) is 4.98 Å². The molecule has 4 heterocycles. The Bertz CT molecular complexity index is 3820. The largest absolute Gasteiger partial charge is 0.456 e. The van der Waals surface area contributed by atoms with Gasteiger partial charge in [0, 0.05) is 44.6 Å². The number of nitrogens with zero attached hydrogens (tertiary/aromatic N) is 5. The first kappa shape index (κ1) is 35.2. The van der Waals surface area contributed by atoms with Gasteiger partial charge in [-0.05, 0) is 107 Å². The summed E-state index contributed by atoms with van der Waals surface area (Å²) in [7, 11) is 0. The Kier molecular flexibility index (Phi) is 7.80. The third-order valence-electron chi connectivity index (χ3n) is 12.5. The molecule has 0 aliphatic heterocycles. The van der Waals surface area contributed by atoms with Crippen molar-refractivity contribution >= 4 is 77.9 Å². The fraction of sp³-hybridized carbons (Fsp3) is 0. The maximum absolute atomic E-state index is 6.28. The molecule has 0 N–H and O–H groups in total. The second-order valence-corrected chi connectivity index (χ2v) is 16.0. The Morgan fingerprint density at radius 3 is 1.70 bits per heavy atom. The van der Waals surface area contributed by atoms with Gasteiger partial charge in [0.2, 0.25) is 5.78 Å². The van der Waals surface area contributed by atoms with E-state index >= 15 is 0 Å². The fourth-order valence-corrected chi connectivity index (χ4v) is 9.64. The van der Waals surface area contributed by atoms with E-state index in [0.717, 1.165) is 100 Å². The van der Waals surface area contributed by atoms with E-state index in [1.165, 1.54) is 11.1 Å². The molecule has 4 aromatic heterocycles. The highest BCUT2D eigenvalue weighted by Gasteiger charge is 2.25. The predicted molar refractivity (Wildman–Crippen MR) is 259 cm³/mol. The van der Waals surface area contributed by atoms with Gasteiger partial charge >= 0.3 is 0 Å². The van der Waals surface area contributed by atoms with Crippen molar-refractivity contribution in [1.82, 2.24) is 18.5 Å². The van der Waals surface area contributed by atoms with Gasteiger partial charge < -0.3 is 9.32 Å². The van der Waals surface area contributed by atoms with Crippen LogP contribution in [0, 0.1) is 0 Å². The van der Waals surface area contributed by atoms with Crippen LogP contribution >= 0.6 is 0 Å². The highest BCUT2D eigenvalue weighted by molar-refractivity contribution is 6.13. The molecule has 0 atom stereocenters. The summed E-state index contributed by atoms with van der Waals surface area (Å²) in [5.41, 5.74) is 16.9. The molecule has 0 unspecified atom stereocenters. The SMILES string of the molecule is c1ccc(-c2ccc(N(c3ccc(-c4cccc5oc6ccccc6c45)cc3)c3ccc4c(c3)n(-c3ccccc3)c3nc5c(c6ccccc6n5-c5ccccc5)n43)cc2)cc1. The summed E-state index contributed by atoms with van der Waals surface area (Å²) >= 11 is 0. The highest BCUT2D eigenvalue weighted by Crippen LogP contribution is 2.43. The smallest absolute Gasteiger partial charge is 0.222 e. The van der Waals surface area contributed by atoms with Crippen LogP contribution in [0.4, 0.5) is 17.1 Å². The molecule has 0 spiro atoms. The number of hydrogen-bond donors (Lipinski definition) is 0. The Morgan fingerprint density at radius 1 is 0.397 bits per heavy atom. The van der Waals surface area contributed by atoms with Crippen molar-refractivity contribution in [3.8, 4) is 33.6 Å². The zero-order chi connectivity index (χ0) is 41.4. The minimum Gasteiger partial charge on any atom is -0.456 e. The summed E-state index contributed by atoms with van der Waals surface area (Å²) in [6, 6.07) is 79.6. The van der Waals surface area contributed by atoms with Gasteiger partial charge in [-0.3, -0.25) is 13.5 Å². The first-order valence-corrected chi connectivity index (χ1v) is 21.3. The molecule has 296 valence electrons. The molecule has 13 aromatic rings. The Balaban J connectivity index is 1.02. The van der Waals surface area contributed by atoms with Gasteiger partial charge in [-0.1, -0.05) is 140 Å². The van der Waals surface area contributed by atoms with Gasteiger partial charge in [0.05, 0.1) is 16.6 Å². The quantitative estimate of drug-likeness (QED) is 0.161. The molecule has 13 rings (SSSR count). The van der Waals surface area contributed by atoms with Gasteiger partial charge in [-0.25, -0.2) is 0 Å². The molecular formula is C57H37N5O. The number of benzene rings is 9. The van der Waals surface area contributed by atoms with Gasteiger partial charge in [0.25, 0.3) is 0 Å². The lowest BCUT2D eigenvalue weighted by molar-refractivity contribution is 0.669. The first-order valence-electron chi connectivity index (χ1n) is 21.3. The number of anilines is 3. The van der Waals surface area contributed by atoms with Crippen LogP contribution in [0.3, 0.4) is 0 Å². The second-order valence-electron chi connectivity index (χ2n) is 16.0. The summed E-state index contributed by atoms with van der Waals surface area (Å²) in [6.07, 6.45) is 0. The monoisotopic (exact) mass is 807 g/mol. The summed E-state index contributed by atoms with van der Waals surface area (Å²) < 4.78 is 13.2. The van der Waals surface area contributed by atoms with Crippen molar-refractivity contribution in [2.75, 3.05) is 4.90 Å². The third kappa shape index (κ3) is 5.48. The molecular weight excluding hydrogens is 771 g/mol. The Morgan fingerprint density at radius 2 is 0.968 bits per heavy atom. The van der Waals surface area contributed by atoms with Crippen LogP contribution in [-0.4, -0.2) is 18.5 Å². The van der Waals surface area contributed by atoms with E-state index in [2.05, 4.69) is 231 Å². The lowest BCUT2D eigenvalue weighted by Crippen LogP contribution is -2.10. The molecule has 0 aliphatic rings. The highest BCUT2D eigenvalue weighted by atomic mass is 16.3. The van der Waals surface area contributed by atoms with Crippen LogP contribution in [0.1, 0.15) is 0 Å². The molecule has 0 bridgehead atoms. The Labute approximate surface area is 362 Å². The predicted octanol–water partition coefficient (Wildman–Crippen LogP) is 15.1. The molecule has 0 radical (unpaired) electrons. The molecule has 6 nitrogen and oxygen atoms in total. The zero-order valence-electron chi connectivity index (χ0n) is 34.0. The van der Waals surface area contributed by atoms with Gasteiger partial charge in [0.1, 0.15) is 16.7 Å². The van der Waals surface area contributed by atoms with Crippen LogP contribution in [0.5, 0.6) is 0 Å². The first-order chi connectivity index (χ1) is 31.3. The standard InChI is InChI=1S/C57H37N5O/c1-4-15-38(16-5-1)39-27-31-43(32-28-39)59(44-33-29-40(30-34-44)46-23-14-26-53-54(46)48-22-11-13-25-52(48)63-53)45-35-36-50-51(37-45)61(42-19-8-3-9-20-42)57-58-56-55(62(50)57)47-21-10-12-24-49(47)60(56)41-17-6-2-7-18-41/h1-37H. The number of imidazole rings is 2. The van der Waals surface area contributed by atoms with E-state index in [-0.39, 0.29) is 0 Å². The van der Waals surface area contributed by atoms with Crippen LogP contribution in [0.25, 0.3) is 94.4 Å². The van der Waals surface area contributed by atoms with Crippen molar-refractivity contribution in [3.05, 3.63) is 224 Å². The number of furan rings is 1. The van der Waals surface area contributed by atoms with E-state index in [1.807, 2.05) is 12.1 Å². The maximum Gasteiger partial charge on any atom is 0.222 e. The molecule has 0 fully saturated rings. The van der Waals surface area contributed by atoms with E-state index in [4.69, 9.17) is 9.40 Å². The summed E-state index contributed by atoms with van der Waals surface area (Å²) in [4.78, 5) is 7.87. The van der Waals surface area contributed by atoms with E-state index in [1.54, 1.807) is 0 Å². The maximum atomic E-state index is 6.28. The molecule has 0 saturated carbocycles. The van der Waals surface area contributed by atoms with Crippen LogP contribution in [0.15, 0.2) is 229 Å². The van der Waals surface area contributed by atoms with Crippen molar-refractivity contribution in [2.45, 2.75) is 0 Å². The topological polar surface area (TPSA) is 43.5 Å². The third-order valence-corrected chi connectivity index (χ3v) is 12.5. The van der Waals surface area contributed by atoms with Gasteiger partial charge in [0.15, 0.2) is 5.65 Å². The van der Waals surface area contributed by atoms with Gasteiger partial charge in [-0.15, -0.1) is 0 Å². The van der Waals surface area contributed by atoms with Crippen molar-refractivity contribution in [2.24, 2.45) is 0 Å². The van der Waals surface area contributed by atoms with Crippen molar-refractivity contribution < 1.29 is 4.42 Å². The molecule has 63 heavy (non-hydrogen) atoms. The Hall–Kier alpha value is -8.61. The number of rotatable bonds is 7. The van der Waals surface area contributed by atoms with E-state index in [9.17, 15) is 0 Å². The molecule has 6 heteroatoms. The molecule has 0 aliphatic carbocycles. The minimum absolute atomic E-state index is 0.859. The molecule has 0 saturated heterocycles. The number of para-hydroxylation sites is 4. The van der Waals surface area contributed by atoms with Crippen molar-refractivity contribution in [3.63, 3.8) is 0 Å². The minimum atomic E-state index is 0.859. The molecule has 0 amide bonds. The normalized spacial score (nSPS) is 11.8. The summed E-state index contributed by atoms with van der Waals surface area (Å²) in [5.74, 6) is 0.859. The number of aromatic nitrogens is 4. The summed E-state index contributed by atoms with van der Waals surface area (Å²) in [6.45, 7) is 0. The van der Waals surface area contributed by atoms with Crippen molar-refractivity contribution in [1.29, 1.82) is 0 Å². The van der Waals surface area contributed by atoms with Crippen LogP contribution < -0.4 is 4.90 Å².